The number of nitrogens with one attached hydrogen (secondary N) is 1. The molecule has 1 atom stereocenters. The minimum atomic E-state index is -0.530. The number of rotatable bonds is 1. The smallest absolute Gasteiger partial charge is 0.410 e. The van der Waals surface area contributed by atoms with Crippen molar-refractivity contribution in [3.8, 4) is 0 Å². The van der Waals surface area contributed by atoms with E-state index in [-0.39, 0.29) is 17.6 Å². The maximum absolute atomic E-state index is 12.3. The Labute approximate surface area is 144 Å². The Bertz CT molecular complexity index is 841. The lowest BCUT2D eigenvalue weighted by Crippen LogP contribution is -2.35. The number of nitrogens with zero attached hydrogens (tertiary/aromatic N) is 2. The van der Waals surface area contributed by atoms with E-state index in [2.05, 4.69) is 9.97 Å². The predicted octanol–water partition coefficient (Wildman–Crippen LogP) is 3.30. The summed E-state index contributed by atoms with van der Waals surface area (Å²) in [4.78, 5) is 33.4. The molecule has 7 heteroatoms. The Kier molecular flexibility index (Phi) is 4.25. The van der Waals surface area contributed by atoms with Gasteiger partial charge in [-0.1, -0.05) is 17.7 Å². The molecule has 1 saturated heterocycles. The zero-order valence-corrected chi connectivity index (χ0v) is 14.7. The number of likely N-dealkylation sites (tertiary alicyclic amines) is 1. The van der Waals surface area contributed by atoms with E-state index in [0.717, 1.165) is 6.42 Å². The number of halogens is 1. The van der Waals surface area contributed by atoms with Crippen molar-refractivity contribution in [1.82, 2.24) is 14.9 Å². The molecule has 1 N–H and O–H groups in total. The molecule has 1 unspecified atom stereocenters. The minimum absolute atomic E-state index is 0.0362. The Morgan fingerprint density at radius 2 is 2.17 bits per heavy atom. The summed E-state index contributed by atoms with van der Waals surface area (Å²) < 4.78 is 5.39. The van der Waals surface area contributed by atoms with Gasteiger partial charge in [0, 0.05) is 19.0 Å². The molecule has 1 aromatic heterocycles. The van der Waals surface area contributed by atoms with Crippen LogP contribution in [0.1, 0.15) is 38.9 Å². The maximum Gasteiger partial charge on any atom is 0.410 e. The predicted molar refractivity (Wildman–Crippen MR) is 92.5 cm³/mol. The molecule has 0 saturated carbocycles. The fourth-order valence-electron chi connectivity index (χ4n) is 2.81. The van der Waals surface area contributed by atoms with E-state index in [9.17, 15) is 9.59 Å². The van der Waals surface area contributed by atoms with Gasteiger partial charge in [-0.15, -0.1) is 0 Å². The van der Waals surface area contributed by atoms with Gasteiger partial charge < -0.3 is 14.6 Å². The van der Waals surface area contributed by atoms with E-state index in [1.54, 1.807) is 23.1 Å². The van der Waals surface area contributed by atoms with Crippen LogP contribution in [0, 0.1) is 0 Å². The summed E-state index contributed by atoms with van der Waals surface area (Å²) in [6.07, 6.45) is 0.379. The normalized spacial score (nSPS) is 18.2. The average Bonchev–Trinajstić information content (AvgIpc) is 2.96. The quantitative estimate of drug-likeness (QED) is 0.857. The molecule has 0 radical (unpaired) electrons. The van der Waals surface area contributed by atoms with Gasteiger partial charge in [0.2, 0.25) is 0 Å². The van der Waals surface area contributed by atoms with Crippen LogP contribution >= 0.6 is 11.6 Å². The highest BCUT2D eigenvalue weighted by molar-refractivity contribution is 6.34. The van der Waals surface area contributed by atoms with Gasteiger partial charge in [0.15, 0.2) is 0 Å². The Balaban J connectivity index is 1.84. The van der Waals surface area contributed by atoms with Crippen molar-refractivity contribution in [3.63, 3.8) is 0 Å². The fraction of sp³-hybridized carbons (Fsp3) is 0.471. The highest BCUT2D eigenvalue weighted by Gasteiger charge is 2.32. The SMILES string of the molecule is CC(C)(C)OC(=O)N1CCC(c2nc3c(Cl)cccc3c(=O)[nH]2)C1. The molecule has 128 valence electrons. The number of fused-ring (bicyclic) bond motifs is 1. The van der Waals surface area contributed by atoms with Gasteiger partial charge in [-0.2, -0.15) is 0 Å². The summed E-state index contributed by atoms with van der Waals surface area (Å²) in [5.74, 6) is 0.526. The van der Waals surface area contributed by atoms with Gasteiger partial charge in [0.05, 0.1) is 15.9 Å². The lowest BCUT2D eigenvalue weighted by molar-refractivity contribution is 0.0292. The Morgan fingerprint density at radius 3 is 2.88 bits per heavy atom. The van der Waals surface area contributed by atoms with E-state index in [4.69, 9.17) is 16.3 Å². The molecule has 1 amide bonds. The van der Waals surface area contributed by atoms with Crippen LogP contribution in [0.4, 0.5) is 4.79 Å². The van der Waals surface area contributed by atoms with E-state index in [1.165, 1.54) is 0 Å². The van der Waals surface area contributed by atoms with E-state index < -0.39 is 5.60 Å². The second kappa shape index (κ2) is 6.09. The molecule has 0 bridgehead atoms. The number of amides is 1. The van der Waals surface area contributed by atoms with Crippen molar-refractivity contribution in [2.45, 2.75) is 38.7 Å². The zero-order valence-electron chi connectivity index (χ0n) is 13.9. The third-order valence-electron chi connectivity index (χ3n) is 3.93. The summed E-state index contributed by atoms with van der Waals surface area (Å²) in [7, 11) is 0. The van der Waals surface area contributed by atoms with Gasteiger partial charge in [0.25, 0.3) is 5.56 Å². The monoisotopic (exact) mass is 349 g/mol. The number of hydrogen-bond acceptors (Lipinski definition) is 4. The minimum Gasteiger partial charge on any atom is -0.444 e. The highest BCUT2D eigenvalue weighted by atomic mass is 35.5. The first-order valence-corrected chi connectivity index (χ1v) is 8.29. The zero-order chi connectivity index (χ0) is 17.5. The first-order chi connectivity index (χ1) is 11.2. The molecular weight excluding hydrogens is 330 g/mol. The average molecular weight is 350 g/mol. The number of H-pyrrole nitrogens is 1. The number of aromatic nitrogens is 2. The number of carbonyl (C=O) groups is 1. The second-order valence-corrected chi connectivity index (χ2v) is 7.41. The van der Waals surface area contributed by atoms with Crippen molar-refractivity contribution in [2.24, 2.45) is 0 Å². The second-order valence-electron chi connectivity index (χ2n) is 7.00. The van der Waals surface area contributed by atoms with Gasteiger partial charge >= 0.3 is 6.09 Å². The molecule has 2 aromatic rings. The number of para-hydroxylation sites is 1. The standard InChI is InChI=1S/C17H20ClN3O3/c1-17(2,3)24-16(23)21-8-7-10(9-21)14-19-13-11(15(22)20-14)5-4-6-12(13)18/h4-6,10H,7-9H2,1-3H3,(H,19,20,22). The summed E-state index contributed by atoms with van der Waals surface area (Å²) in [5, 5.41) is 0.912. The third kappa shape index (κ3) is 3.38. The van der Waals surface area contributed by atoms with Crippen LogP contribution in [0.15, 0.2) is 23.0 Å². The molecule has 24 heavy (non-hydrogen) atoms. The molecular formula is C17H20ClN3O3. The van der Waals surface area contributed by atoms with E-state index >= 15 is 0 Å². The van der Waals surface area contributed by atoms with Crippen LogP contribution in [-0.2, 0) is 4.74 Å². The van der Waals surface area contributed by atoms with Crippen molar-refractivity contribution in [1.29, 1.82) is 0 Å². The first kappa shape index (κ1) is 16.8. The van der Waals surface area contributed by atoms with Crippen LogP contribution in [0.5, 0.6) is 0 Å². The van der Waals surface area contributed by atoms with Crippen LogP contribution in [0.3, 0.4) is 0 Å². The molecule has 3 rings (SSSR count). The van der Waals surface area contributed by atoms with Gasteiger partial charge in [0.1, 0.15) is 11.4 Å². The van der Waals surface area contributed by atoms with Crippen molar-refractivity contribution in [3.05, 3.63) is 39.4 Å². The molecule has 0 spiro atoms. The topological polar surface area (TPSA) is 75.3 Å². The molecule has 1 aromatic carbocycles. The van der Waals surface area contributed by atoms with Crippen molar-refractivity contribution < 1.29 is 9.53 Å². The lowest BCUT2D eigenvalue weighted by Gasteiger charge is -2.24. The van der Waals surface area contributed by atoms with Crippen LogP contribution < -0.4 is 5.56 Å². The van der Waals surface area contributed by atoms with Crippen molar-refractivity contribution in [2.75, 3.05) is 13.1 Å². The third-order valence-corrected chi connectivity index (χ3v) is 4.24. The Hall–Kier alpha value is -2.08. The maximum atomic E-state index is 12.3. The van der Waals surface area contributed by atoms with Crippen LogP contribution in [0.25, 0.3) is 10.9 Å². The molecule has 0 aliphatic carbocycles. The number of carbonyl (C=O) groups excluding carboxylic acids is 1. The molecule has 1 fully saturated rings. The Morgan fingerprint density at radius 1 is 1.42 bits per heavy atom. The van der Waals surface area contributed by atoms with Gasteiger partial charge in [-0.3, -0.25) is 4.79 Å². The summed E-state index contributed by atoms with van der Waals surface area (Å²) >= 11 is 6.16. The van der Waals surface area contributed by atoms with E-state index in [0.29, 0.717) is 34.8 Å². The lowest BCUT2D eigenvalue weighted by atomic mass is 10.1. The highest BCUT2D eigenvalue weighted by Crippen LogP contribution is 2.27. The van der Waals surface area contributed by atoms with E-state index in [1.807, 2.05) is 20.8 Å². The number of hydrogen-bond donors (Lipinski definition) is 1. The largest absolute Gasteiger partial charge is 0.444 e. The number of ether oxygens (including phenoxy) is 1. The van der Waals surface area contributed by atoms with Crippen molar-refractivity contribution >= 4 is 28.6 Å². The van der Waals surface area contributed by atoms with Crippen LogP contribution in [-0.4, -0.2) is 39.7 Å². The first-order valence-electron chi connectivity index (χ1n) is 7.91. The fourth-order valence-corrected chi connectivity index (χ4v) is 3.03. The molecule has 1 aliphatic heterocycles. The van der Waals surface area contributed by atoms with Gasteiger partial charge in [-0.25, -0.2) is 9.78 Å². The van der Waals surface area contributed by atoms with Crippen LogP contribution in [0.2, 0.25) is 5.02 Å². The summed E-state index contributed by atoms with van der Waals surface area (Å²) in [5.41, 5.74) is -0.250. The molecule has 6 nitrogen and oxygen atoms in total. The molecule has 2 heterocycles. The molecule has 1 aliphatic rings. The number of benzene rings is 1. The van der Waals surface area contributed by atoms with Gasteiger partial charge in [-0.05, 0) is 39.3 Å². The number of aromatic amines is 1. The summed E-state index contributed by atoms with van der Waals surface area (Å²) in [6.45, 7) is 6.55. The summed E-state index contributed by atoms with van der Waals surface area (Å²) in [6, 6.07) is 5.13.